The van der Waals surface area contributed by atoms with Crippen molar-refractivity contribution < 1.29 is 9.50 Å². The quantitative estimate of drug-likeness (QED) is 0.780. The number of nitrogens with one attached hydrogen (secondary N) is 1. The Labute approximate surface area is 89.1 Å². The molecule has 82 valence electrons. The third-order valence-electron chi connectivity index (χ3n) is 2.91. The van der Waals surface area contributed by atoms with Crippen molar-refractivity contribution in [3.63, 3.8) is 0 Å². The van der Waals surface area contributed by atoms with Crippen LogP contribution >= 0.6 is 0 Å². The van der Waals surface area contributed by atoms with Crippen molar-refractivity contribution >= 4 is 0 Å². The molecular weight excluding hydrogens is 193 g/mol. The molecule has 2 nitrogen and oxygen atoms in total. The fourth-order valence-corrected chi connectivity index (χ4v) is 2.15. The minimum Gasteiger partial charge on any atom is -0.387 e. The summed E-state index contributed by atoms with van der Waals surface area (Å²) in [6, 6.07) is 6.35. The molecule has 1 heterocycles. The van der Waals surface area contributed by atoms with E-state index in [1.807, 2.05) is 0 Å². The summed E-state index contributed by atoms with van der Waals surface area (Å²) >= 11 is 0. The number of aliphatic hydroxyl groups is 1. The molecule has 0 spiro atoms. The van der Waals surface area contributed by atoms with Gasteiger partial charge in [-0.1, -0.05) is 18.2 Å². The van der Waals surface area contributed by atoms with Crippen LogP contribution in [0.3, 0.4) is 0 Å². The molecule has 0 bridgehead atoms. The molecule has 1 aromatic rings. The van der Waals surface area contributed by atoms with Gasteiger partial charge in [0.1, 0.15) is 5.82 Å². The zero-order chi connectivity index (χ0) is 11.1. The lowest BCUT2D eigenvalue weighted by molar-refractivity contribution is 0.0369. The number of aliphatic hydroxyl groups excluding tert-OH is 1. The van der Waals surface area contributed by atoms with Gasteiger partial charge in [0, 0.05) is 17.1 Å². The Morgan fingerprint density at radius 2 is 2.07 bits per heavy atom. The smallest absolute Gasteiger partial charge is 0.129 e. The molecule has 1 aliphatic heterocycles. The van der Waals surface area contributed by atoms with E-state index >= 15 is 0 Å². The van der Waals surface area contributed by atoms with Gasteiger partial charge >= 0.3 is 0 Å². The zero-order valence-corrected chi connectivity index (χ0v) is 9.00. The normalized spacial score (nSPS) is 25.7. The predicted octanol–water partition coefficient (Wildman–Crippen LogP) is 2.00. The third kappa shape index (κ3) is 2.03. The molecule has 15 heavy (non-hydrogen) atoms. The van der Waals surface area contributed by atoms with Gasteiger partial charge in [0.2, 0.25) is 0 Å². The second-order valence-electron chi connectivity index (χ2n) is 4.81. The summed E-state index contributed by atoms with van der Waals surface area (Å²) in [5.41, 5.74) is 0.446. The van der Waals surface area contributed by atoms with Gasteiger partial charge in [-0.2, -0.15) is 0 Å². The Bertz CT molecular complexity index is 356. The summed E-state index contributed by atoms with van der Waals surface area (Å²) in [6.45, 7) is 4.13. The molecule has 1 fully saturated rings. The standard InChI is InChI=1S/C12H16FNO/c1-12(2)7-10(14-12)11(15)8-5-3-4-6-9(8)13/h3-6,10-11,14-15H,7H2,1-2H3/t10-,11+/m0/s1. The van der Waals surface area contributed by atoms with E-state index in [2.05, 4.69) is 19.2 Å². The van der Waals surface area contributed by atoms with Crippen molar-refractivity contribution in [2.45, 2.75) is 38.0 Å². The van der Waals surface area contributed by atoms with Crippen LogP contribution in [0.25, 0.3) is 0 Å². The summed E-state index contributed by atoms with van der Waals surface area (Å²) in [5, 5.41) is 13.2. The molecule has 0 amide bonds. The monoisotopic (exact) mass is 209 g/mol. The molecule has 2 rings (SSSR count). The molecule has 3 heteroatoms. The van der Waals surface area contributed by atoms with E-state index in [4.69, 9.17) is 0 Å². The van der Waals surface area contributed by atoms with Crippen LogP contribution in [0, 0.1) is 5.82 Å². The van der Waals surface area contributed by atoms with Gasteiger partial charge in [0.05, 0.1) is 6.10 Å². The van der Waals surface area contributed by atoms with Crippen LogP contribution < -0.4 is 5.32 Å². The van der Waals surface area contributed by atoms with Crippen LogP contribution in [0.4, 0.5) is 4.39 Å². The van der Waals surface area contributed by atoms with Crippen molar-refractivity contribution in [1.82, 2.24) is 5.32 Å². The molecular formula is C12H16FNO. The minimum atomic E-state index is -0.751. The average Bonchev–Trinajstić information content (AvgIpc) is 2.14. The average molecular weight is 209 g/mol. The van der Waals surface area contributed by atoms with Gasteiger partial charge in [-0.15, -0.1) is 0 Å². The van der Waals surface area contributed by atoms with Gasteiger partial charge in [0.15, 0.2) is 0 Å². The lowest BCUT2D eigenvalue weighted by Gasteiger charge is -2.46. The molecule has 1 saturated heterocycles. The van der Waals surface area contributed by atoms with Crippen molar-refractivity contribution in [2.24, 2.45) is 0 Å². The summed E-state index contributed by atoms with van der Waals surface area (Å²) in [5.74, 6) is -0.337. The number of hydrogen-bond acceptors (Lipinski definition) is 2. The van der Waals surface area contributed by atoms with Gasteiger partial charge in [-0.3, -0.25) is 0 Å². The highest BCUT2D eigenvalue weighted by molar-refractivity contribution is 5.22. The maximum atomic E-state index is 13.4. The van der Waals surface area contributed by atoms with E-state index in [0.29, 0.717) is 5.56 Å². The van der Waals surface area contributed by atoms with Gasteiger partial charge < -0.3 is 10.4 Å². The molecule has 1 aliphatic rings. The van der Waals surface area contributed by atoms with Gasteiger partial charge in [-0.25, -0.2) is 4.39 Å². The lowest BCUT2D eigenvalue weighted by atomic mass is 9.80. The number of halogens is 1. The predicted molar refractivity (Wildman–Crippen MR) is 57.0 cm³/mol. The van der Waals surface area contributed by atoms with Crippen LogP contribution in [0.2, 0.25) is 0 Å². The lowest BCUT2D eigenvalue weighted by Crippen LogP contribution is -2.62. The highest BCUT2D eigenvalue weighted by atomic mass is 19.1. The van der Waals surface area contributed by atoms with Crippen molar-refractivity contribution in [3.8, 4) is 0 Å². The fourth-order valence-electron chi connectivity index (χ4n) is 2.15. The molecule has 0 aromatic heterocycles. The van der Waals surface area contributed by atoms with Crippen molar-refractivity contribution in [1.29, 1.82) is 0 Å². The Morgan fingerprint density at radius 3 is 2.60 bits per heavy atom. The Balaban J connectivity index is 2.10. The van der Waals surface area contributed by atoms with Gasteiger partial charge in [0.25, 0.3) is 0 Å². The van der Waals surface area contributed by atoms with Crippen LogP contribution in [-0.2, 0) is 0 Å². The Hall–Kier alpha value is -0.930. The van der Waals surface area contributed by atoms with Crippen LogP contribution in [0.15, 0.2) is 24.3 Å². The highest BCUT2D eigenvalue weighted by Gasteiger charge is 2.40. The second kappa shape index (κ2) is 3.58. The summed E-state index contributed by atoms with van der Waals surface area (Å²) in [6.07, 6.45) is 0.113. The van der Waals surface area contributed by atoms with E-state index in [1.165, 1.54) is 6.07 Å². The summed E-state index contributed by atoms with van der Waals surface area (Å²) in [7, 11) is 0. The molecule has 0 saturated carbocycles. The van der Waals surface area contributed by atoms with E-state index in [1.54, 1.807) is 18.2 Å². The molecule has 0 radical (unpaired) electrons. The maximum absolute atomic E-state index is 13.4. The zero-order valence-electron chi connectivity index (χ0n) is 9.00. The second-order valence-corrected chi connectivity index (χ2v) is 4.81. The summed E-state index contributed by atoms with van der Waals surface area (Å²) < 4.78 is 13.4. The first-order valence-corrected chi connectivity index (χ1v) is 5.20. The largest absolute Gasteiger partial charge is 0.387 e. The minimum absolute atomic E-state index is 0.0306. The topological polar surface area (TPSA) is 32.3 Å². The van der Waals surface area contributed by atoms with Crippen LogP contribution in [-0.4, -0.2) is 16.7 Å². The van der Waals surface area contributed by atoms with Crippen LogP contribution in [0.5, 0.6) is 0 Å². The van der Waals surface area contributed by atoms with E-state index < -0.39 is 6.10 Å². The van der Waals surface area contributed by atoms with Crippen LogP contribution in [0.1, 0.15) is 31.9 Å². The van der Waals surface area contributed by atoms with Gasteiger partial charge in [-0.05, 0) is 26.3 Å². The molecule has 0 unspecified atom stereocenters. The number of hydrogen-bond donors (Lipinski definition) is 2. The Kier molecular flexibility index (Phi) is 2.52. The summed E-state index contributed by atoms with van der Waals surface area (Å²) in [4.78, 5) is 0. The number of benzene rings is 1. The first-order valence-electron chi connectivity index (χ1n) is 5.20. The maximum Gasteiger partial charge on any atom is 0.129 e. The highest BCUT2D eigenvalue weighted by Crippen LogP contribution is 2.32. The van der Waals surface area contributed by atoms with E-state index in [0.717, 1.165) is 6.42 Å². The molecule has 2 N–H and O–H groups in total. The first kappa shape index (κ1) is 10.6. The SMILES string of the molecule is CC1(C)C[C@@H]([C@H](O)c2ccccc2F)N1. The third-order valence-corrected chi connectivity index (χ3v) is 2.91. The molecule has 0 aliphatic carbocycles. The molecule has 2 atom stereocenters. The fraction of sp³-hybridized carbons (Fsp3) is 0.500. The van der Waals surface area contributed by atoms with Crippen molar-refractivity contribution in [2.75, 3.05) is 0 Å². The molecule has 1 aromatic carbocycles. The van der Waals surface area contributed by atoms with E-state index in [-0.39, 0.29) is 17.4 Å². The Morgan fingerprint density at radius 1 is 1.47 bits per heavy atom. The van der Waals surface area contributed by atoms with Crippen molar-refractivity contribution in [3.05, 3.63) is 35.6 Å². The first-order chi connectivity index (χ1) is 6.99. The van der Waals surface area contributed by atoms with E-state index in [9.17, 15) is 9.50 Å². The number of rotatable bonds is 2.